The maximum Gasteiger partial charge on any atom is 0.293 e. The van der Waals surface area contributed by atoms with Gasteiger partial charge in [0, 0.05) is 19.0 Å². The highest BCUT2D eigenvalue weighted by atomic mass is 16.6. The first-order chi connectivity index (χ1) is 8.08. The molecule has 90 valence electrons. The van der Waals surface area contributed by atoms with Crippen LogP contribution in [-0.4, -0.2) is 21.8 Å². The fraction of sp³-hybridized carbons (Fsp3) is 0.455. The monoisotopic (exact) mass is 236 g/mol. The fourth-order valence-corrected chi connectivity index (χ4v) is 1.99. The minimum atomic E-state index is -0.533. The van der Waals surface area contributed by atoms with Crippen LogP contribution < -0.4 is 0 Å². The fourth-order valence-electron chi connectivity index (χ4n) is 1.99. The second-order valence-corrected chi connectivity index (χ2v) is 4.07. The summed E-state index contributed by atoms with van der Waals surface area (Å²) in [5.41, 5.74) is 0.323. The standard InChI is InChI=1S/C11H12N2O4/c1-7-4-8(14)5-11(17-7)9-2-3-12-6-10(9)13(15)16/h2-3,6-7,11H,4-5H2,1H3/t7-,11-/m1/s1. The third kappa shape index (κ3) is 2.47. The molecule has 2 atom stereocenters. The van der Waals surface area contributed by atoms with Gasteiger partial charge in [-0.3, -0.25) is 19.9 Å². The summed E-state index contributed by atoms with van der Waals surface area (Å²) in [6, 6.07) is 1.54. The lowest BCUT2D eigenvalue weighted by molar-refractivity contribution is -0.386. The Morgan fingerprint density at radius 3 is 2.94 bits per heavy atom. The zero-order valence-corrected chi connectivity index (χ0v) is 9.33. The smallest absolute Gasteiger partial charge is 0.293 e. The van der Waals surface area contributed by atoms with Gasteiger partial charge in [-0.15, -0.1) is 0 Å². The van der Waals surface area contributed by atoms with Crippen LogP contribution >= 0.6 is 0 Å². The number of Topliss-reactive ketones (excluding diaryl/α,β-unsaturated/α-hetero) is 1. The summed E-state index contributed by atoms with van der Waals surface area (Å²) in [5.74, 6) is 0.0693. The molecule has 6 heteroatoms. The molecule has 0 bridgehead atoms. The Balaban J connectivity index is 2.33. The first-order valence-electron chi connectivity index (χ1n) is 5.33. The Morgan fingerprint density at radius 2 is 2.29 bits per heavy atom. The Morgan fingerprint density at radius 1 is 1.53 bits per heavy atom. The minimum Gasteiger partial charge on any atom is -0.369 e. The lowest BCUT2D eigenvalue weighted by Gasteiger charge is -2.26. The number of hydrogen-bond acceptors (Lipinski definition) is 5. The number of ether oxygens (including phenoxy) is 1. The number of carbonyl (C=O) groups is 1. The number of hydrogen-bond donors (Lipinski definition) is 0. The molecule has 1 aromatic rings. The molecular weight excluding hydrogens is 224 g/mol. The van der Waals surface area contributed by atoms with Crippen LogP contribution in [0.3, 0.4) is 0 Å². The van der Waals surface area contributed by atoms with E-state index < -0.39 is 11.0 Å². The molecule has 0 spiro atoms. The van der Waals surface area contributed by atoms with Crippen molar-refractivity contribution >= 4 is 11.5 Å². The van der Waals surface area contributed by atoms with Crippen molar-refractivity contribution in [2.75, 3.05) is 0 Å². The van der Waals surface area contributed by atoms with Crippen molar-refractivity contribution in [2.24, 2.45) is 0 Å². The zero-order valence-electron chi connectivity index (χ0n) is 9.33. The van der Waals surface area contributed by atoms with E-state index in [0.29, 0.717) is 12.0 Å². The van der Waals surface area contributed by atoms with Crippen LogP contribution in [0.15, 0.2) is 18.5 Å². The van der Waals surface area contributed by atoms with Crippen LogP contribution in [0.2, 0.25) is 0 Å². The second kappa shape index (κ2) is 4.58. The lowest BCUT2D eigenvalue weighted by atomic mass is 9.97. The largest absolute Gasteiger partial charge is 0.369 e. The summed E-state index contributed by atoms with van der Waals surface area (Å²) in [6.07, 6.45) is 2.48. The number of nitro groups is 1. The van der Waals surface area contributed by atoms with Crippen LogP contribution in [0.4, 0.5) is 5.69 Å². The molecule has 1 aromatic heterocycles. The number of pyridine rings is 1. The summed E-state index contributed by atoms with van der Waals surface area (Å²) >= 11 is 0. The number of ketones is 1. The molecule has 17 heavy (non-hydrogen) atoms. The molecule has 6 nitrogen and oxygen atoms in total. The summed E-state index contributed by atoms with van der Waals surface area (Å²) in [6.45, 7) is 1.79. The van der Waals surface area contributed by atoms with Crippen LogP contribution in [0.25, 0.3) is 0 Å². The van der Waals surface area contributed by atoms with Gasteiger partial charge in [-0.05, 0) is 13.0 Å². The first kappa shape index (κ1) is 11.7. The van der Waals surface area contributed by atoms with Gasteiger partial charge in [-0.2, -0.15) is 0 Å². The van der Waals surface area contributed by atoms with Crippen molar-refractivity contribution in [3.05, 3.63) is 34.1 Å². The molecule has 1 aliphatic heterocycles. The molecule has 0 aliphatic carbocycles. The molecule has 0 amide bonds. The van der Waals surface area contributed by atoms with E-state index in [0.717, 1.165) is 0 Å². The predicted molar refractivity (Wildman–Crippen MR) is 58.4 cm³/mol. The first-order valence-corrected chi connectivity index (χ1v) is 5.33. The summed E-state index contributed by atoms with van der Waals surface area (Å²) in [4.78, 5) is 25.5. The number of carbonyl (C=O) groups excluding carboxylic acids is 1. The Hall–Kier alpha value is -1.82. The number of nitrogens with zero attached hydrogens (tertiary/aromatic N) is 2. The average Bonchev–Trinajstić information content (AvgIpc) is 2.27. The summed E-state index contributed by atoms with van der Waals surface area (Å²) in [7, 11) is 0. The zero-order chi connectivity index (χ0) is 12.4. The highest BCUT2D eigenvalue weighted by molar-refractivity contribution is 5.80. The van der Waals surface area contributed by atoms with Gasteiger partial charge in [0.1, 0.15) is 12.0 Å². The molecule has 2 rings (SSSR count). The van der Waals surface area contributed by atoms with Gasteiger partial charge < -0.3 is 4.74 Å². The third-order valence-electron chi connectivity index (χ3n) is 2.70. The van der Waals surface area contributed by atoms with Gasteiger partial charge in [-0.1, -0.05) is 0 Å². The van der Waals surface area contributed by atoms with E-state index in [1.54, 1.807) is 6.92 Å². The van der Waals surface area contributed by atoms with Gasteiger partial charge in [0.05, 0.1) is 22.7 Å². The van der Waals surface area contributed by atoms with Gasteiger partial charge >= 0.3 is 0 Å². The van der Waals surface area contributed by atoms with Crippen molar-refractivity contribution in [1.29, 1.82) is 0 Å². The van der Waals surface area contributed by atoms with E-state index in [2.05, 4.69) is 4.98 Å². The van der Waals surface area contributed by atoms with Crippen LogP contribution in [0, 0.1) is 10.1 Å². The van der Waals surface area contributed by atoms with E-state index in [4.69, 9.17) is 4.74 Å². The van der Waals surface area contributed by atoms with Gasteiger partial charge in [0.2, 0.25) is 0 Å². The lowest BCUT2D eigenvalue weighted by Crippen LogP contribution is -2.26. The maximum absolute atomic E-state index is 11.5. The van der Waals surface area contributed by atoms with Crippen molar-refractivity contribution in [3.8, 4) is 0 Å². The molecule has 0 aromatic carbocycles. The Bertz CT molecular complexity index is 461. The quantitative estimate of drug-likeness (QED) is 0.577. The highest BCUT2D eigenvalue weighted by Crippen LogP contribution is 2.33. The topological polar surface area (TPSA) is 82.3 Å². The van der Waals surface area contributed by atoms with E-state index in [9.17, 15) is 14.9 Å². The van der Waals surface area contributed by atoms with Crippen molar-refractivity contribution < 1.29 is 14.5 Å². The van der Waals surface area contributed by atoms with Crippen LogP contribution in [0.1, 0.15) is 31.4 Å². The van der Waals surface area contributed by atoms with Crippen LogP contribution in [0.5, 0.6) is 0 Å². The van der Waals surface area contributed by atoms with Gasteiger partial charge in [0.25, 0.3) is 5.69 Å². The number of aromatic nitrogens is 1. The van der Waals surface area contributed by atoms with Gasteiger partial charge in [0.15, 0.2) is 0 Å². The van der Waals surface area contributed by atoms with E-state index in [1.165, 1.54) is 18.5 Å². The summed E-state index contributed by atoms with van der Waals surface area (Å²) in [5, 5.41) is 10.9. The van der Waals surface area contributed by atoms with Gasteiger partial charge in [-0.25, -0.2) is 0 Å². The Labute approximate surface area is 97.8 Å². The number of rotatable bonds is 2. The third-order valence-corrected chi connectivity index (χ3v) is 2.70. The molecule has 0 radical (unpaired) electrons. The normalized spacial score (nSPS) is 24.6. The molecule has 2 heterocycles. The average molecular weight is 236 g/mol. The minimum absolute atomic E-state index is 0.0693. The maximum atomic E-state index is 11.5. The molecule has 0 unspecified atom stereocenters. The van der Waals surface area contributed by atoms with Crippen LogP contribution in [-0.2, 0) is 9.53 Å². The van der Waals surface area contributed by atoms with Crippen molar-refractivity contribution in [2.45, 2.75) is 32.0 Å². The highest BCUT2D eigenvalue weighted by Gasteiger charge is 2.30. The summed E-state index contributed by atoms with van der Waals surface area (Å²) < 4.78 is 5.58. The molecule has 1 saturated heterocycles. The molecule has 0 saturated carbocycles. The van der Waals surface area contributed by atoms with E-state index in [-0.39, 0.29) is 24.0 Å². The SMILES string of the molecule is C[C@@H]1CC(=O)C[C@H](c2ccncc2[N+](=O)[O-])O1. The molecule has 1 aliphatic rings. The van der Waals surface area contributed by atoms with E-state index in [1.807, 2.05) is 0 Å². The molecular formula is C11H12N2O4. The second-order valence-electron chi connectivity index (χ2n) is 4.07. The van der Waals surface area contributed by atoms with E-state index >= 15 is 0 Å². The molecule has 0 N–H and O–H groups in total. The predicted octanol–water partition coefficient (Wildman–Crippen LogP) is 1.80. The Kier molecular flexibility index (Phi) is 3.14. The van der Waals surface area contributed by atoms with Crippen molar-refractivity contribution in [3.63, 3.8) is 0 Å². The van der Waals surface area contributed by atoms with Crippen molar-refractivity contribution in [1.82, 2.24) is 4.98 Å². The molecule has 1 fully saturated rings.